The number of rotatable bonds is 1. The number of ether oxygens (including phenoxy) is 1. The molecule has 4 heteroatoms. The second-order valence-corrected chi connectivity index (χ2v) is 8.77. The van der Waals surface area contributed by atoms with Crippen LogP contribution in [0.4, 0.5) is 0 Å². The van der Waals surface area contributed by atoms with Gasteiger partial charge in [0.15, 0.2) is 0 Å². The Bertz CT molecular complexity index is 742. The van der Waals surface area contributed by atoms with Crippen LogP contribution in [0.5, 0.6) is 0 Å². The Morgan fingerprint density at radius 1 is 1.04 bits per heavy atom. The summed E-state index contributed by atoms with van der Waals surface area (Å²) in [6.07, 6.45) is 8.61. The molecule has 5 rings (SSSR count). The van der Waals surface area contributed by atoms with Crippen LogP contribution in [0.25, 0.3) is 0 Å². The number of benzene rings is 1. The van der Waals surface area contributed by atoms with E-state index in [1.807, 2.05) is 4.90 Å². The first-order chi connectivity index (χ1) is 12.6. The van der Waals surface area contributed by atoms with Crippen LogP contribution in [0.1, 0.15) is 62.5 Å². The number of nitrogens with zero attached hydrogens (tertiary/aromatic N) is 1. The van der Waals surface area contributed by atoms with Crippen LogP contribution in [0.2, 0.25) is 0 Å². The fraction of sp³-hybridized carbons (Fsp3) is 0.636. The minimum atomic E-state index is -0.483. The van der Waals surface area contributed by atoms with Crippen molar-refractivity contribution in [2.45, 2.75) is 68.8 Å². The number of likely N-dealkylation sites (tertiary alicyclic amines) is 1. The van der Waals surface area contributed by atoms with Gasteiger partial charge in [-0.05, 0) is 67.9 Å². The largest absolute Gasteiger partial charge is 0.458 e. The van der Waals surface area contributed by atoms with Gasteiger partial charge < -0.3 is 9.64 Å². The molecule has 2 spiro atoms. The molecule has 4 nitrogen and oxygen atoms in total. The van der Waals surface area contributed by atoms with Gasteiger partial charge >= 0.3 is 5.97 Å². The van der Waals surface area contributed by atoms with Gasteiger partial charge in [0.05, 0.1) is 12.3 Å². The molecule has 138 valence electrons. The molecule has 2 aliphatic heterocycles. The van der Waals surface area contributed by atoms with E-state index in [-0.39, 0.29) is 29.6 Å². The SMILES string of the molecule is O=C1CC(C(=O)N2CCC3(CCc4ccccc43)CC2)C2(CCCC2)O1. The standard InChI is InChI=1S/C22H27NO3/c24-19-15-18(22(26-19)8-3-4-9-22)20(25)23-13-11-21(12-14-23)10-7-16-5-1-2-6-17(16)21/h1-2,5-6,18H,3-4,7-15H2. The van der Waals surface area contributed by atoms with Crippen molar-refractivity contribution in [1.29, 1.82) is 0 Å². The maximum absolute atomic E-state index is 13.2. The number of hydrogen-bond donors (Lipinski definition) is 0. The van der Waals surface area contributed by atoms with Gasteiger partial charge in [0.1, 0.15) is 5.60 Å². The third kappa shape index (κ3) is 2.34. The highest BCUT2D eigenvalue weighted by Gasteiger charge is 2.55. The van der Waals surface area contributed by atoms with Gasteiger partial charge in [0.25, 0.3) is 0 Å². The molecule has 2 saturated heterocycles. The molecule has 1 aromatic carbocycles. The van der Waals surface area contributed by atoms with Crippen molar-refractivity contribution in [1.82, 2.24) is 4.90 Å². The maximum atomic E-state index is 13.2. The smallest absolute Gasteiger partial charge is 0.307 e. The van der Waals surface area contributed by atoms with Crippen molar-refractivity contribution < 1.29 is 14.3 Å². The van der Waals surface area contributed by atoms with Crippen LogP contribution in [0, 0.1) is 5.92 Å². The Labute approximate surface area is 154 Å². The third-order valence-electron chi connectivity index (χ3n) is 7.56. The lowest BCUT2D eigenvalue weighted by molar-refractivity contribution is -0.152. The molecule has 1 aromatic rings. The van der Waals surface area contributed by atoms with E-state index in [1.165, 1.54) is 17.5 Å². The van der Waals surface area contributed by atoms with Crippen molar-refractivity contribution >= 4 is 11.9 Å². The molecular weight excluding hydrogens is 326 g/mol. The van der Waals surface area contributed by atoms with E-state index < -0.39 is 5.60 Å². The van der Waals surface area contributed by atoms with E-state index in [0.717, 1.165) is 58.0 Å². The van der Waals surface area contributed by atoms with Crippen LogP contribution in [0.15, 0.2) is 24.3 Å². The molecule has 1 atom stereocenters. The number of fused-ring (bicyclic) bond motifs is 2. The summed E-state index contributed by atoms with van der Waals surface area (Å²) in [6, 6.07) is 8.83. The first-order valence-corrected chi connectivity index (χ1v) is 10.2. The molecular formula is C22H27NO3. The summed E-state index contributed by atoms with van der Waals surface area (Å²) in [5.41, 5.74) is 2.79. The Balaban J connectivity index is 1.32. The lowest BCUT2D eigenvalue weighted by Gasteiger charge is -2.42. The lowest BCUT2D eigenvalue weighted by atomic mass is 9.73. The van der Waals surface area contributed by atoms with Crippen molar-refractivity contribution in [2.75, 3.05) is 13.1 Å². The van der Waals surface area contributed by atoms with Crippen molar-refractivity contribution in [3.05, 3.63) is 35.4 Å². The zero-order valence-electron chi connectivity index (χ0n) is 15.3. The van der Waals surface area contributed by atoms with Crippen LogP contribution in [0.3, 0.4) is 0 Å². The van der Waals surface area contributed by atoms with Gasteiger partial charge in [-0.3, -0.25) is 9.59 Å². The Morgan fingerprint density at radius 2 is 1.77 bits per heavy atom. The number of aryl methyl sites for hydroxylation is 1. The minimum Gasteiger partial charge on any atom is -0.458 e. The summed E-state index contributed by atoms with van der Waals surface area (Å²) in [5.74, 6) is -0.259. The summed E-state index contributed by atoms with van der Waals surface area (Å²) in [5, 5.41) is 0. The monoisotopic (exact) mass is 353 g/mol. The Hall–Kier alpha value is -1.84. The molecule has 1 amide bonds. The first kappa shape index (κ1) is 16.3. The highest BCUT2D eigenvalue weighted by molar-refractivity contribution is 5.88. The van der Waals surface area contributed by atoms with Gasteiger partial charge in [-0.15, -0.1) is 0 Å². The van der Waals surface area contributed by atoms with Gasteiger partial charge in [-0.25, -0.2) is 0 Å². The zero-order chi connectivity index (χ0) is 17.8. The van der Waals surface area contributed by atoms with Crippen molar-refractivity contribution in [2.24, 2.45) is 5.92 Å². The van der Waals surface area contributed by atoms with Gasteiger partial charge in [0, 0.05) is 13.1 Å². The average Bonchev–Trinajstić information content (AvgIpc) is 3.35. The van der Waals surface area contributed by atoms with Crippen LogP contribution in [-0.4, -0.2) is 35.5 Å². The fourth-order valence-corrected chi connectivity index (χ4v) is 6.09. The molecule has 0 radical (unpaired) electrons. The Morgan fingerprint density at radius 3 is 2.54 bits per heavy atom. The average molecular weight is 353 g/mol. The van der Waals surface area contributed by atoms with Crippen LogP contribution < -0.4 is 0 Å². The summed E-state index contributed by atoms with van der Waals surface area (Å²) in [4.78, 5) is 27.2. The van der Waals surface area contributed by atoms with E-state index >= 15 is 0 Å². The number of hydrogen-bond acceptors (Lipinski definition) is 3. The molecule has 2 aliphatic carbocycles. The Kier molecular flexibility index (Phi) is 3.67. The predicted octanol–water partition coefficient (Wildman–Crippen LogP) is 3.37. The van der Waals surface area contributed by atoms with E-state index in [4.69, 9.17) is 4.74 Å². The molecule has 26 heavy (non-hydrogen) atoms. The van der Waals surface area contributed by atoms with Crippen molar-refractivity contribution in [3.63, 3.8) is 0 Å². The highest BCUT2D eigenvalue weighted by atomic mass is 16.6. The molecule has 0 N–H and O–H groups in total. The van der Waals surface area contributed by atoms with Crippen molar-refractivity contribution in [3.8, 4) is 0 Å². The summed E-state index contributed by atoms with van der Waals surface area (Å²) >= 11 is 0. The number of esters is 1. The third-order valence-corrected chi connectivity index (χ3v) is 7.56. The van der Waals surface area contributed by atoms with Gasteiger partial charge in [0.2, 0.25) is 5.91 Å². The topological polar surface area (TPSA) is 46.6 Å². The molecule has 3 fully saturated rings. The fourth-order valence-electron chi connectivity index (χ4n) is 6.09. The second kappa shape index (κ2) is 5.83. The first-order valence-electron chi connectivity index (χ1n) is 10.2. The van der Waals surface area contributed by atoms with Crippen LogP contribution in [-0.2, 0) is 26.2 Å². The van der Waals surface area contributed by atoms with Gasteiger partial charge in [-0.1, -0.05) is 24.3 Å². The zero-order valence-corrected chi connectivity index (χ0v) is 15.3. The summed E-state index contributed by atoms with van der Waals surface area (Å²) in [7, 11) is 0. The van der Waals surface area contributed by atoms with E-state index in [0.29, 0.717) is 0 Å². The number of piperidine rings is 1. The number of amides is 1. The quantitative estimate of drug-likeness (QED) is 0.727. The van der Waals surface area contributed by atoms with E-state index in [2.05, 4.69) is 24.3 Å². The molecule has 1 saturated carbocycles. The molecule has 2 heterocycles. The normalized spacial score (nSPS) is 28.5. The van der Waals surface area contributed by atoms with E-state index in [1.54, 1.807) is 0 Å². The predicted molar refractivity (Wildman–Crippen MR) is 97.7 cm³/mol. The summed E-state index contributed by atoms with van der Waals surface area (Å²) < 4.78 is 5.69. The molecule has 0 bridgehead atoms. The highest BCUT2D eigenvalue weighted by Crippen LogP contribution is 2.49. The number of carbonyl (C=O) groups excluding carboxylic acids is 2. The maximum Gasteiger partial charge on any atom is 0.307 e. The molecule has 4 aliphatic rings. The minimum absolute atomic E-state index is 0.166. The van der Waals surface area contributed by atoms with E-state index in [9.17, 15) is 9.59 Å². The lowest BCUT2D eigenvalue weighted by Crippen LogP contribution is -2.50. The molecule has 0 aromatic heterocycles. The molecule has 1 unspecified atom stereocenters. The second-order valence-electron chi connectivity index (χ2n) is 8.77. The number of carbonyl (C=O) groups is 2. The van der Waals surface area contributed by atoms with Gasteiger partial charge in [-0.2, -0.15) is 0 Å². The van der Waals surface area contributed by atoms with Crippen LogP contribution >= 0.6 is 0 Å². The summed E-state index contributed by atoms with van der Waals surface area (Å²) in [6.45, 7) is 1.63.